The topological polar surface area (TPSA) is 87.6 Å². The summed E-state index contributed by atoms with van der Waals surface area (Å²) < 4.78 is 30.8. The van der Waals surface area contributed by atoms with Crippen LogP contribution in [-0.2, 0) is 17.8 Å². The van der Waals surface area contributed by atoms with Gasteiger partial charge in [0.15, 0.2) is 0 Å². The van der Waals surface area contributed by atoms with Gasteiger partial charge >= 0.3 is 0 Å². The van der Waals surface area contributed by atoms with Crippen molar-refractivity contribution < 1.29 is 13.6 Å². The number of rotatable bonds is 10. The number of benzene rings is 2. The average molecular weight is 529 g/mol. The largest absolute Gasteiger partial charge is 0.494 e. The van der Waals surface area contributed by atoms with E-state index in [1.54, 1.807) is 32.5 Å². The fraction of sp³-hybridized carbons (Fsp3) is 0.300. The molecular weight excluding hydrogens is 490 g/mol. The zero-order valence-electron chi connectivity index (χ0n) is 25.5. The maximum absolute atomic E-state index is 12.3. The Morgan fingerprint density at radius 3 is 2.92 bits per heavy atom. The molecule has 202 valence electrons. The van der Waals surface area contributed by atoms with Crippen LogP contribution in [0, 0.1) is 0 Å². The van der Waals surface area contributed by atoms with E-state index in [1.165, 1.54) is 27.4 Å². The molecule has 1 aliphatic heterocycles. The molecule has 9 heteroatoms. The Balaban J connectivity index is 1.47. The normalized spacial score (nSPS) is 13.9. The Kier molecular flexibility index (Phi) is 6.47. The number of aryl methyl sites for hydroxylation is 2. The van der Waals surface area contributed by atoms with Crippen molar-refractivity contribution in [2.24, 2.45) is 0 Å². The number of carbonyl (C=O) groups is 1. The van der Waals surface area contributed by atoms with Crippen molar-refractivity contribution in [3.05, 3.63) is 67.0 Å². The van der Waals surface area contributed by atoms with Crippen LogP contribution in [0.1, 0.15) is 16.1 Å². The molecule has 1 amide bonds. The van der Waals surface area contributed by atoms with Crippen LogP contribution in [0.5, 0.6) is 5.75 Å². The number of carbonyl (C=O) groups excluding carboxylic acids is 1. The first kappa shape index (κ1) is 22.6. The summed E-state index contributed by atoms with van der Waals surface area (Å²) in [5, 5.41) is 7.28. The first-order valence-corrected chi connectivity index (χ1v) is 12.9. The molecule has 0 spiro atoms. The van der Waals surface area contributed by atoms with Crippen molar-refractivity contribution in [3.63, 3.8) is 0 Å². The molecule has 0 radical (unpaired) electrons. The van der Waals surface area contributed by atoms with E-state index in [0.29, 0.717) is 35.3 Å². The third kappa shape index (κ3) is 5.44. The lowest BCUT2D eigenvalue weighted by molar-refractivity contribution is -0.111. The van der Waals surface area contributed by atoms with Gasteiger partial charge in [-0.2, -0.15) is 0 Å². The van der Waals surface area contributed by atoms with Gasteiger partial charge in [0.05, 0.1) is 35.4 Å². The monoisotopic (exact) mass is 528 g/mol. The van der Waals surface area contributed by atoms with Crippen LogP contribution in [0.2, 0.25) is 0 Å². The van der Waals surface area contributed by atoms with Gasteiger partial charge in [0, 0.05) is 60.2 Å². The minimum Gasteiger partial charge on any atom is -0.494 e. The van der Waals surface area contributed by atoms with Gasteiger partial charge in [-0.3, -0.25) is 4.79 Å². The van der Waals surface area contributed by atoms with Crippen LogP contribution >= 0.6 is 0 Å². The van der Waals surface area contributed by atoms with Gasteiger partial charge in [0.2, 0.25) is 11.9 Å². The SMILES string of the molecule is [2H]C([2H])([2H])N(C)CCN(C)c1cc(OC)c(Nc2nccc(-c3cn4c5c(cccc35)CCC4)n2)cc1NC(=O)C=C. The summed E-state index contributed by atoms with van der Waals surface area (Å²) >= 11 is 0. The second-order valence-corrected chi connectivity index (χ2v) is 9.65. The highest BCUT2D eigenvalue weighted by Gasteiger charge is 2.19. The Morgan fingerprint density at radius 1 is 1.26 bits per heavy atom. The first-order valence-electron chi connectivity index (χ1n) is 14.4. The molecule has 2 N–H and O–H groups in total. The number of aromatic nitrogens is 3. The fourth-order valence-electron chi connectivity index (χ4n) is 5.01. The Morgan fingerprint density at radius 2 is 2.13 bits per heavy atom. The average Bonchev–Trinajstić information content (AvgIpc) is 3.36. The van der Waals surface area contributed by atoms with E-state index in [2.05, 4.69) is 51.2 Å². The smallest absolute Gasteiger partial charge is 0.247 e. The molecule has 0 saturated heterocycles. The number of anilines is 4. The zero-order chi connectivity index (χ0) is 30.0. The molecule has 0 bridgehead atoms. The van der Waals surface area contributed by atoms with E-state index in [-0.39, 0.29) is 12.5 Å². The standard InChI is InChI=1S/C30H35N7O2/c1-6-28(38)32-24-17-25(27(39-5)18-26(24)36(4)16-15-35(2)3)34-30-31-13-12-23(33-30)22-19-37-14-8-10-20-9-7-11-21(22)29(20)37/h6-7,9,11-13,17-19H,1,8,10,14-16H2,2-5H3,(H,32,38)(H,31,33,34)/i2D3. The van der Waals surface area contributed by atoms with Crippen LogP contribution in [0.25, 0.3) is 22.2 Å². The van der Waals surface area contributed by atoms with Crippen molar-refractivity contribution >= 4 is 39.8 Å². The van der Waals surface area contributed by atoms with Crippen molar-refractivity contribution in [2.75, 3.05) is 56.8 Å². The van der Waals surface area contributed by atoms with E-state index in [4.69, 9.17) is 13.8 Å². The second kappa shape index (κ2) is 11.2. The lowest BCUT2D eigenvalue weighted by atomic mass is 10.0. The molecule has 9 nitrogen and oxygen atoms in total. The van der Waals surface area contributed by atoms with Crippen molar-refractivity contribution in [3.8, 4) is 17.0 Å². The molecule has 5 rings (SSSR count). The summed E-state index contributed by atoms with van der Waals surface area (Å²) in [4.78, 5) is 24.8. The minimum absolute atomic E-state index is 0.280. The molecule has 2 aromatic carbocycles. The molecule has 0 atom stereocenters. The molecule has 4 aromatic rings. The number of ether oxygens (including phenoxy) is 1. The van der Waals surface area contributed by atoms with E-state index >= 15 is 0 Å². The number of methoxy groups -OCH3 is 1. The van der Waals surface area contributed by atoms with Gasteiger partial charge in [-0.15, -0.1) is 0 Å². The lowest BCUT2D eigenvalue weighted by Gasteiger charge is -2.26. The van der Waals surface area contributed by atoms with E-state index in [9.17, 15) is 4.79 Å². The van der Waals surface area contributed by atoms with Gasteiger partial charge < -0.3 is 29.7 Å². The molecule has 2 aromatic heterocycles. The highest BCUT2D eigenvalue weighted by molar-refractivity contribution is 6.02. The Hall–Kier alpha value is -4.37. The van der Waals surface area contributed by atoms with Crippen LogP contribution in [-0.4, -0.2) is 66.6 Å². The number of hydrogen-bond acceptors (Lipinski definition) is 7. The van der Waals surface area contributed by atoms with Gasteiger partial charge in [-0.1, -0.05) is 24.8 Å². The predicted octanol–water partition coefficient (Wildman–Crippen LogP) is 4.92. The summed E-state index contributed by atoms with van der Waals surface area (Å²) in [7, 11) is 4.93. The van der Waals surface area contributed by atoms with Crippen molar-refractivity contribution in [2.45, 2.75) is 19.4 Å². The molecule has 39 heavy (non-hydrogen) atoms. The van der Waals surface area contributed by atoms with Gasteiger partial charge in [-0.25, -0.2) is 9.97 Å². The Labute approximate surface area is 233 Å². The van der Waals surface area contributed by atoms with Crippen LogP contribution in [0.3, 0.4) is 0 Å². The minimum atomic E-state index is -2.20. The van der Waals surface area contributed by atoms with Crippen LogP contribution in [0.4, 0.5) is 23.0 Å². The summed E-state index contributed by atoms with van der Waals surface area (Å²) in [5.74, 6) is 0.490. The highest BCUT2D eigenvalue weighted by Crippen LogP contribution is 2.39. The summed E-state index contributed by atoms with van der Waals surface area (Å²) in [6, 6.07) is 11.8. The predicted molar refractivity (Wildman–Crippen MR) is 158 cm³/mol. The van der Waals surface area contributed by atoms with Gasteiger partial charge in [0.25, 0.3) is 0 Å². The second-order valence-electron chi connectivity index (χ2n) is 9.65. The molecule has 3 heterocycles. The molecule has 0 aliphatic carbocycles. The number of para-hydroxylation sites is 1. The molecule has 0 unspecified atom stereocenters. The molecule has 1 aliphatic rings. The highest BCUT2D eigenvalue weighted by atomic mass is 16.5. The quantitative estimate of drug-likeness (QED) is 0.283. The van der Waals surface area contributed by atoms with Gasteiger partial charge in [-0.05, 0) is 50.6 Å². The molecule has 0 fully saturated rings. The van der Waals surface area contributed by atoms with E-state index < -0.39 is 6.98 Å². The van der Waals surface area contributed by atoms with Crippen molar-refractivity contribution in [1.29, 1.82) is 0 Å². The number of likely N-dealkylation sites (N-methyl/N-ethyl adjacent to an activating group) is 2. The summed E-state index contributed by atoms with van der Waals surface area (Å²) in [5.41, 5.74) is 6.15. The zero-order valence-corrected chi connectivity index (χ0v) is 22.5. The molecular formula is C30H35N7O2. The van der Waals surface area contributed by atoms with E-state index in [0.717, 1.165) is 30.6 Å². The Bertz CT molecular complexity index is 1630. The fourth-order valence-corrected chi connectivity index (χ4v) is 5.01. The summed E-state index contributed by atoms with van der Waals surface area (Å²) in [6.45, 7) is 3.01. The molecule has 0 saturated carbocycles. The number of amides is 1. The number of nitrogens with zero attached hydrogens (tertiary/aromatic N) is 5. The number of nitrogens with one attached hydrogen (secondary N) is 2. The third-order valence-corrected chi connectivity index (χ3v) is 6.95. The summed E-state index contributed by atoms with van der Waals surface area (Å²) in [6.07, 6.45) is 7.26. The lowest BCUT2D eigenvalue weighted by Crippen LogP contribution is -2.29. The van der Waals surface area contributed by atoms with Crippen LogP contribution in [0.15, 0.2) is 61.4 Å². The van der Waals surface area contributed by atoms with Gasteiger partial charge in [0.1, 0.15) is 5.75 Å². The first-order chi connectivity index (χ1) is 20.1. The van der Waals surface area contributed by atoms with Crippen LogP contribution < -0.4 is 20.3 Å². The van der Waals surface area contributed by atoms with E-state index in [1.807, 2.05) is 18.0 Å². The maximum Gasteiger partial charge on any atom is 0.247 e. The van der Waals surface area contributed by atoms with Crippen molar-refractivity contribution in [1.82, 2.24) is 19.4 Å². The number of hydrogen-bond donors (Lipinski definition) is 2. The third-order valence-electron chi connectivity index (χ3n) is 6.95. The maximum atomic E-state index is 12.3.